The highest BCUT2D eigenvalue weighted by molar-refractivity contribution is 7.98. The predicted molar refractivity (Wildman–Crippen MR) is 90.7 cm³/mol. The number of hydrogen-bond acceptors (Lipinski definition) is 2. The number of amides is 2. The Labute approximate surface area is 132 Å². The molecule has 0 spiro atoms. The van der Waals surface area contributed by atoms with E-state index >= 15 is 0 Å². The van der Waals surface area contributed by atoms with E-state index in [-0.39, 0.29) is 6.03 Å². The van der Waals surface area contributed by atoms with Crippen LogP contribution in [0.25, 0.3) is 0 Å². The average Bonchev–Trinajstić information content (AvgIpc) is 2.50. The summed E-state index contributed by atoms with van der Waals surface area (Å²) in [5.41, 5.74) is 2.72. The van der Waals surface area contributed by atoms with Gasteiger partial charge in [0, 0.05) is 24.1 Å². The van der Waals surface area contributed by atoms with Crippen molar-refractivity contribution in [1.82, 2.24) is 10.6 Å². The van der Waals surface area contributed by atoms with Crippen molar-refractivity contribution < 1.29 is 4.79 Å². The molecule has 116 valence electrons. The number of carbonyl (C=O) groups excluding carboxylic acids is 1. The molecule has 2 N–H and O–H groups in total. The first-order chi connectivity index (χ1) is 10.3. The molecule has 1 aromatic carbocycles. The number of nitrogens with one attached hydrogen (secondary N) is 2. The molecular weight excluding hydrogens is 280 g/mol. The van der Waals surface area contributed by atoms with Crippen molar-refractivity contribution in [2.45, 2.75) is 50.8 Å². The van der Waals surface area contributed by atoms with E-state index in [9.17, 15) is 4.79 Å². The molecule has 0 aliphatic heterocycles. The van der Waals surface area contributed by atoms with Crippen LogP contribution in [-0.4, -0.2) is 24.4 Å². The molecule has 0 radical (unpaired) electrons. The van der Waals surface area contributed by atoms with Gasteiger partial charge in [-0.2, -0.15) is 11.8 Å². The Hall–Kier alpha value is -1.16. The van der Waals surface area contributed by atoms with Crippen LogP contribution in [0.1, 0.15) is 43.2 Å². The lowest BCUT2D eigenvalue weighted by Gasteiger charge is -2.22. The minimum atomic E-state index is -0.00149. The molecule has 1 fully saturated rings. The third-order valence-electron chi connectivity index (χ3n) is 3.99. The second-order valence-electron chi connectivity index (χ2n) is 5.71. The Bertz CT molecular complexity index is 444. The first-order valence-corrected chi connectivity index (χ1v) is 9.08. The van der Waals surface area contributed by atoms with Crippen LogP contribution in [0.3, 0.4) is 0 Å². The summed E-state index contributed by atoms with van der Waals surface area (Å²) in [5, 5.41) is 6.04. The van der Waals surface area contributed by atoms with Gasteiger partial charge in [-0.3, -0.25) is 0 Å². The van der Waals surface area contributed by atoms with Crippen LogP contribution in [0.4, 0.5) is 4.79 Å². The number of urea groups is 1. The van der Waals surface area contributed by atoms with Crippen molar-refractivity contribution in [3.05, 3.63) is 35.4 Å². The molecule has 0 aromatic heterocycles. The lowest BCUT2D eigenvalue weighted by Crippen LogP contribution is -2.43. The second kappa shape index (κ2) is 8.98. The highest BCUT2D eigenvalue weighted by Crippen LogP contribution is 2.17. The maximum atomic E-state index is 11.8. The van der Waals surface area contributed by atoms with E-state index in [2.05, 4.69) is 41.8 Å². The van der Waals surface area contributed by atoms with Gasteiger partial charge in [0.2, 0.25) is 0 Å². The summed E-state index contributed by atoms with van der Waals surface area (Å²) in [7, 11) is 0. The predicted octanol–water partition coefficient (Wildman–Crippen LogP) is 3.86. The van der Waals surface area contributed by atoms with Gasteiger partial charge in [0.15, 0.2) is 0 Å². The van der Waals surface area contributed by atoms with Gasteiger partial charge in [0.1, 0.15) is 0 Å². The molecule has 0 heterocycles. The van der Waals surface area contributed by atoms with E-state index in [0.29, 0.717) is 6.04 Å². The Kier molecular flexibility index (Phi) is 6.93. The lowest BCUT2D eigenvalue weighted by molar-refractivity contribution is 0.233. The molecule has 1 saturated carbocycles. The number of rotatable bonds is 6. The molecule has 3 nitrogen and oxygen atoms in total. The summed E-state index contributed by atoms with van der Waals surface area (Å²) in [4.78, 5) is 11.8. The molecule has 0 unspecified atom stereocenters. The molecular formula is C17H26N2OS. The highest BCUT2D eigenvalue weighted by atomic mass is 32.2. The summed E-state index contributed by atoms with van der Waals surface area (Å²) in [6, 6.07) is 8.85. The molecule has 1 aliphatic carbocycles. The number of carbonyl (C=O) groups is 1. The van der Waals surface area contributed by atoms with Crippen LogP contribution in [0.2, 0.25) is 0 Å². The summed E-state index contributed by atoms with van der Waals surface area (Å²) in [6.07, 6.45) is 6.08. The summed E-state index contributed by atoms with van der Waals surface area (Å²) in [5.74, 6) is 1.96. The van der Waals surface area contributed by atoms with Crippen molar-refractivity contribution >= 4 is 17.8 Å². The van der Waals surface area contributed by atoms with E-state index in [1.807, 2.05) is 11.8 Å². The molecule has 0 atom stereocenters. The van der Waals surface area contributed by atoms with E-state index in [1.54, 1.807) is 0 Å². The van der Waals surface area contributed by atoms with E-state index < -0.39 is 0 Å². The molecule has 1 aromatic rings. The quantitative estimate of drug-likeness (QED) is 0.784. The van der Waals surface area contributed by atoms with Crippen molar-refractivity contribution in [2.75, 3.05) is 12.3 Å². The maximum absolute atomic E-state index is 11.8. The topological polar surface area (TPSA) is 41.1 Å². The smallest absolute Gasteiger partial charge is 0.315 e. The number of hydrogen-bond donors (Lipinski definition) is 2. The third-order valence-corrected chi connectivity index (χ3v) is 5.00. The zero-order valence-electron chi connectivity index (χ0n) is 12.9. The minimum Gasteiger partial charge on any atom is -0.337 e. The van der Waals surface area contributed by atoms with Crippen LogP contribution in [0.5, 0.6) is 0 Å². The second-order valence-corrected chi connectivity index (χ2v) is 6.82. The van der Waals surface area contributed by atoms with Crippen LogP contribution >= 0.6 is 11.8 Å². The van der Waals surface area contributed by atoms with Gasteiger partial charge in [-0.05, 0) is 30.9 Å². The normalized spacial score (nSPS) is 15.7. The monoisotopic (exact) mass is 306 g/mol. The van der Waals surface area contributed by atoms with E-state index in [0.717, 1.165) is 30.9 Å². The van der Waals surface area contributed by atoms with Gasteiger partial charge in [-0.1, -0.05) is 43.5 Å². The first kappa shape index (κ1) is 16.2. The van der Waals surface area contributed by atoms with Crippen LogP contribution in [0, 0.1) is 6.92 Å². The van der Waals surface area contributed by atoms with Gasteiger partial charge in [-0.25, -0.2) is 4.79 Å². The van der Waals surface area contributed by atoms with Gasteiger partial charge in [0.25, 0.3) is 0 Å². The lowest BCUT2D eigenvalue weighted by atomic mass is 9.96. The van der Waals surface area contributed by atoms with Crippen LogP contribution < -0.4 is 10.6 Å². The van der Waals surface area contributed by atoms with Crippen molar-refractivity contribution in [2.24, 2.45) is 0 Å². The summed E-state index contributed by atoms with van der Waals surface area (Å²) >= 11 is 1.87. The average molecular weight is 306 g/mol. The molecule has 2 amide bonds. The molecule has 0 bridgehead atoms. The van der Waals surface area contributed by atoms with Crippen molar-refractivity contribution in [1.29, 1.82) is 0 Å². The van der Waals surface area contributed by atoms with Crippen molar-refractivity contribution in [3.8, 4) is 0 Å². The number of aryl methyl sites for hydroxylation is 1. The van der Waals surface area contributed by atoms with Gasteiger partial charge in [0.05, 0.1) is 0 Å². The standard InChI is InChI=1S/C17H26N2OS/c1-14-7-5-6-8-15(14)13-21-12-11-18-17(20)19-16-9-3-2-4-10-16/h5-8,16H,2-4,9-13H2,1H3,(H2,18,19,20). The summed E-state index contributed by atoms with van der Waals surface area (Å²) < 4.78 is 0. The Morgan fingerprint density at radius 2 is 2.00 bits per heavy atom. The SMILES string of the molecule is Cc1ccccc1CSCCNC(=O)NC1CCCCC1. The molecule has 2 rings (SSSR count). The molecule has 21 heavy (non-hydrogen) atoms. The number of benzene rings is 1. The fourth-order valence-corrected chi connectivity index (χ4v) is 3.61. The molecule has 0 saturated heterocycles. The largest absolute Gasteiger partial charge is 0.337 e. The minimum absolute atomic E-state index is 0.00149. The maximum Gasteiger partial charge on any atom is 0.315 e. The molecule has 4 heteroatoms. The Balaban J connectivity index is 1.55. The fraction of sp³-hybridized carbons (Fsp3) is 0.588. The summed E-state index contributed by atoms with van der Waals surface area (Å²) in [6.45, 7) is 2.88. The zero-order valence-corrected chi connectivity index (χ0v) is 13.7. The highest BCUT2D eigenvalue weighted by Gasteiger charge is 2.14. The third kappa shape index (κ3) is 6.00. The van der Waals surface area contributed by atoms with Gasteiger partial charge in [-0.15, -0.1) is 0 Å². The molecule has 1 aliphatic rings. The fourth-order valence-electron chi connectivity index (χ4n) is 2.67. The van der Waals surface area contributed by atoms with Crippen LogP contribution in [-0.2, 0) is 5.75 Å². The van der Waals surface area contributed by atoms with E-state index in [4.69, 9.17) is 0 Å². The Morgan fingerprint density at radius 1 is 1.24 bits per heavy atom. The van der Waals surface area contributed by atoms with Crippen LogP contribution in [0.15, 0.2) is 24.3 Å². The van der Waals surface area contributed by atoms with Crippen molar-refractivity contribution in [3.63, 3.8) is 0 Å². The zero-order chi connectivity index (χ0) is 14.9. The van der Waals surface area contributed by atoms with Gasteiger partial charge < -0.3 is 10.6 Å². The Morgan fingerprint density at radius 3 is 2.76 bits per heavy atom. The first-order valence-electron chi connectivity index (χ1n) is 7.92. The van der Waals surface area contributed by atoms with Gasteiger partial charge >= 0.3 is 6.03 Å². The van der Waals surface area contributed by atoms with E-state index in [1.165, 1.54) is 30.4 Å². The number of thioether (sulfide) groups is 1.